The molecule has 1 aromatic heterocycles. The minimum Gasteiger partial charge on any atom is -0.386 e. The number of amides is 1. The first-order chi connectivity index (χ1) is 8.52. The summed E-state index contributed by atoms with van der Waals surface area (Å²) in [5, 5.41) is 12.8. The summed E-state index contributed by atoms with van der Waals surface area (Å²) in [6.45, 7) is 5.12. The van der Waals surface area contributed by atoms with Crippen LogP contribution < -0.4 is 5.32 Å². The van der Waals surface area contributed by atoms with Gasteiger partial charge in [-0.25, -0.2) is 0 Å². The van der Waals surface area contributed by atoms with Gasteiger partial charge in [-0.05, 0) is 26.0 Å². The monoisotopic (exact) mass is 252 g/mol. The van der Waals surface area contributed by atoms with E-state index >= 15 is 0 Å². The molecule has 0 aromatic carbocycles. The van der Waals surface area contributed by atoms with Gasteiger partial charge in [0, 0.05) is 31.8 Å². The Morgan fingerprint density at radius 1 is 1.67 bits per heavy atom. The lowest BCUT2D eigenvalue weighted by Gasteiger charge is -2.21. The lowest BCUT2D eigenvalue weighted by Crippen LogP contribution is -2.43. The van der Waals surface area contributed by atoms with Crippen molar-refractivity contribution in [1.82, 2.24) is 9.88 Å². The first-order valence-corrected chi connectivity index (χ1v) is 6.27. The van der Waals surface area contributed by atoms with Crippen molar-refractivity contribution in [3.05, 3.63) is 24.0 Å². The number of hydrogen-bond acceptors (Lipinski definition) is 3. The number of carbonyl (C=O) groups is 1. The molecule has 1 fully saturated rings. The second-order valence-corrected chi connectivity index (χ2v) is 5.10. The normalized spacial score (nSPS) is 23.6. The van der Waals surface area contributed by atoms with Crippen molar-refractivity contribution in [2.75, 3.05) is 19.8 Å². The van der Waals surface area contributed by atoms with E-state index in [2.05, 4.69) is 5.32 Å². The SMILES string of the molecule is CC(C)n1cccc1C(=O)NCC1(O)CCOC1. The maximum absolute atomic E-state index is 12.0. The summed E-state index contributed by atoms with van der Waals surface area (Å²) in [6.07, 6.45) is 2.45. The van der Waals surface area contributed by atoms with Crippen molar-refractivity contribution in [3.8, 4) is 0 Å². The Hall–Kier alpha value is -1.33. The van der Waals surface area contributed by atoms with Gasteiger partial charge in [-0.2, -0.15) is 0 Å². The molecule has 1 atom stereocenters. The highest BCUT2D eigenvalue weighted by Crippen LogP contribution is 2.17. The highest BCUT2D eigenvalue weighted by molar-refractivity contribution is 5.92. The second kappa shape index (κ2) is 5.12. The lowest BCUT2D eigenvalue weighted by atomic mass is 10.0. The van der Waals surface area contributed by atoms with E-state index < -0.39 is 5.60 Å². The summed E-state index contributed by atoms with van der Waals surface area (Å²) in [5.74, 6) is -0.158. The summed E-state index contributed by atoms with van der Waals surface area (Å²) in [7, 11) is 0. The second-order valence-electron chi connectivity index (χ2n) is 5.10. The zero-order valence-electron chi connectivity index (χ0n) is 10.8. The van der Waals surface area contributed by atoms with Gasteiger partial charge in [0.1, 0.15) is 11.3 Å². The van der Waals surface area contributed by atoms with E-state index in [1.165, 1.54) is 0 Å². The number of aromatic nitrogens is 1. The van der Waals surface area contributed by atoms with Crippen LogP contribution in [0.1, 0.15) is 36.8 Å². The van der Waals surface area contributed by atoms with Gasteiger partial charge in [-0.1, -0.05) is 0 Å². The molecule has 1 aliphatic rings. The van der Waals surface area contributed by atoms with Crippen LogP contribution in [0.3, 0.4) is 0 Å². The molecule has 0 spiro atoms. The van der Waals surface area contributed by atoms with Crippen molar-refractivity contribution in [2.24, 2.45) is 0 Å². The number of aliphatic hydroxyl groups is 1. The van der Waals surface area contributed by atoms with Crippen LogP contribution in [0.2, 0.25) is 0 Å². The molecule has 100 valence electrons. The molecule has 2 rings (SSSR count). The maximum atomic E-state index is 12.0. The first-order valence-electron chi connectivity index (χ1n) is 6.27. The van der Waals surface area contributed by atoms with Crippen LogP contribution in [0.4, 0.5) is 0 Å². The van der Waals surface area contributed by atoms with E-state index in [0.717, 1.165) is 0 Å². The molecular weight excluding hydrogens is 232 g/mol. The third kappa shape index (κ3) is 2.73. The predicted octanol–water partition coefficient (Wildman–Crippen LogP) is 0.950. The Morgan fingerprint density at radius 2 is 2.44 bits per heavy atom. The zero-order chi connectivity index (χ0) is 13.2. The molecule has 5 nitrogen and oxygen atoms in total. The van der Waals surface area contributed by atoms with Crippen LogP contribution in [0.25, 0.3) is 0 Å². The molecule has 2 N–H and O–H groups in total. The molecule has 1 aromatic rings. The number of carbonyl (C=O) groups excluding carboxylic acids is 1. The summed E-state index contributed by atoms with van der Waals surface area (Å²) in [5.41, 5.74) is -0.294. The molecule has 0 aliphatic carbocycles. The summed E-state index contributed by atoms with van der Waals surface area (Å²) < 4.78 is 7.05. The molecule has 5 heteroatoms. The van der Waals surface area contributed by atoms with E-state index in [1.54, 1.807) is 6.07 Å². The van der Waals surface area contributed by atoms with Crippen molar-refractivity contribution in [2.45, 2.75) is 31.9 Å². The fourth-order valence-corrected chi connectivity index (χ4v) is 2.11. The van der Waals surface area contributed by atoms with E-state index in [-0.39, 0.29) is 18.5 Å². The number of rotatable bonds is 4. The van der Waals surface area contributed by atoms with Crippen LogP contribution in [-0.2, 0) is 4.74 Å². The van der Waals surface area contributed by atoms with E-state index in [4.69, 9.17) is 4.74 Å². The predicted molar refractivity (Wildman–Crippen MR) is 67.5 cm³/mol. The fraction of sp³-hybridized carbons (Fsp3) is 0.615. The minimum absolute atomic E-state index is 0.158. The number of nitrogens with one attached hydrogen (secondary N) is 1. The van der Waals surface area contributed by atoms with Crippen LogP contribution >= 0.6 is 0 Å². The fourth-order valence-electron chi connectivity index (χ4n) is 2.11. The largest absolute Gasteiger partial charge is 0.386 e. The molecular formula is C13H20N2O3. The minimum atomic E-state index is -0.912. The Morgan fingerprint density at radius 3 is 3.06 bits per heavy atom. The van der Waals surface area contributed by atoms with Gasteiger partial charge < -0.3 is 19.7 Å². The van der Waals surface area contributed by atoms with Gasteiger partial charge in [0.15, 0.2) is 0 Å². The highest BCUT2D eigenvalue weighted by atomic mass is 16.5. The summed E-state index contributed by atoms with van der Waals surface area (Å²) in [6, 6.07) is 3.87. The molecule has 0 bridgehead atoms. The highest BCUT2D eigenvalue weighted by Gasteiger charge is 2.32. The van der Waals surface area contributed by atoms with Crippen LogP contribution in [0.5, 0.6) is 0 Å². The van der Waals surface area contributed by atoms with Crippen LogP contribution in [-0.4, -0.2) is 40.9 Å². The van der Waals surface area contributed by atoms with Gasteiger partial charge in [-0.3, -0.25) is 4.79 Å². The smallest absolute Gasteiger partial charge is 0.268 e. The van der Waals surface area contributed by atoms with Crippen molar-refractivity contribution >= 4 is 5.91 Å². The number of hydrogen-bond donors (Lipinski definition) is 2. The van der Waals surface area contributed by atoms with Gasteiger partial charge in [0.05, 0.1) is 6.61 Å². The topological polar surface area (TPSA) is 63.5 Å². The van der Waals surface area contributed by atoms with Crippen LogP contribution in [0, 0.1) is 0 Å². The van der Waals surface area contributed by atoms with Gasteiger partial charge in [0.2, 0.25) is 0 Å². The summed E-state index contributed by atoms with van der Waals surface area (Å²) >= 11 is 0. The molecule has 1 saturated heterocycles. The Labute approximate surface area is 107 Å². The van der Waals surface area contributed by atoms with Gasteiger partial charge in [-0.15, -0.1) is 0 Å². The quantitative estimate of drug-likeness (QED) is 0.838. The molecule has 0 saturated carbocycles. The Bertz CT molecular complexity index is 420. The van der Waals surface area contributed by atoms with E-state index in [9.17, 15) is 9.90 Å². The Kier molecular flexibility index (Phi) is 3.73. The molecule has 0 radical (unpaired) electrons. The average Bonchev–Trinajstić information content (AvgIpc) is 2.95. The average molecular weight is 252 g/mol. The van der Waals surface area contributed by atoms with Gasteiger partial charge >= 0.3 is 0 Å². The standard InChI is InChI=1S/C13H20N2O3/c1-10(2)15-6-3-4-11(15)12(16)14-8-13(17)5-7-18-9-13/h3-4,6,10,17H,5,7-9H2,1-2H3,(H,14,16). The third-order valence-electron chi connectivity index (χ3n) is 3.23. The van der Waals surface area contributed by atoms with E-state index in [0.29, 0.717) is 25.3 Å². The number of ether oxygens (including phenoxy) is 1. The molecule has 2 heterocycles. The number of nitrogens with zero attached hydrogens (tertiary/aromatic N) is 1. The first kappa shape index (κ1) is 13.1. The van der Waals surface area contributed by atoms with Crippen molar-refractivity contribution in [3.63, 3.8) is 0 Å². The van der Waals surface area contributed by atoms with E-state index in [1.807, 2.05) is 30.7 Å². The van der Waals surface area contributed by atoms with Crippen LogP contribution in [0.15, 0.2) is 18.3 Å². The third-order valence-corrected chi connectivity index (χ3v) is 3.23. The molecule has 1 unspecified atom stereocenters. The molecule has 1 amide bonds. The summed E-state index contributed by atoms with van der Waals surface area (Å²) in [4.78, 5) is 12.0. The maximum Gasteiger partial charge on any atom is 0.268 e. The molecule has 1 aliphatic heterocycles. The van der Waals surface area contributed by atoms with Crippen molar-refractivity contribution < 1.29 is 14.6 Å². The zero-order valence-corrected chi connectivity index (χ0v) is 10.8. The van der Waals surface area contributed by atoms with Gasteiger partial charge in [0.25, 0.3) is 5.91 Å². The Balaban J connectivity index is 1.97. The lowest BCUT2D eigenvalue weighted by molar-refractivity contribution is 0.0263. The molecule has 18 heavy (non-hydrogen) atoms. The van der Waals surface area contributed by atoms with Crippen molar-refractivity contribution in [1.29, 1.82) is 0 Å².